The summed E-state index contributed by atoms with van der Waals surface area (Å²) in [7, 11) is 1.79. The van der Waals surface area contributed by atoms with Crippen LogP contribution in [0.2, 0.25) is 5.02 Å². The fourth-order valence-corrected chi connectivity index (χ4v) is 4.62. The maximum Gasteiger partial charge on any atom is 0.266 e. The Morgan fingerprint density at radius 2 is 1.79 bits per heavy atom. The summed E-state index contributed by atoms with van der Waals surface area (Å²) in [4.78, 5) is 33.3. The topological polar surface area (TPSA) is 55.2 Å². The number of hydrogen-bond donors (Lipinski definition) is 0. The Morgan fingerprint density at radius 1 is 1.12 bits per heavy atom. The van der Waals surface area contributed by atoms with Gasteiger partial charge in [-0.3, -0.25) is 14.2 Å². The highest BCUT2D eigenvalue weighted by Gasteiger charge is 2.26. The molecule has 0 aliphatic carbocycles. The fraction of sp³-hybridized carbons (Fsp3) is 0.444. The van der Waals surface area contributed by atoms with Gasteiger partial charge in [-0.2, -0.15) is 0 Å². The number of amides is 1. The molecular weight excluding hydrogens is 434 g/mol. The van der Waals surface area contributed by atoms with Gasteiger partial charge in [-0.1, -0.05) is 57.5 Å². The number of nitrogens with zero attached hydrogens (tertiary/aromatic N) is 3. The van der Waals surface area contributed by atoms with Gasteiger partial charge in [0.1, 0.15) is 5.82 Å². The number of carbonyl (C=O) groups excluding carboxylic acids is 1. The molecule has 0 radical (unpaired) electrons. The largest absolute Gasteiger partial charge is 0.336 e. The van der Waals surface area contributed by atoms with E-state index in [0.717, 1.165) is 12.0 Å². The minimum atomic E-state index is -0.407. The van der Waals surface area contributed by atoms with Crippen LogP contribution in [-0.4, -0.2) is 27.4 Å². The first-order valence-corrected chi connectivity index (χ1v) is 11.8. The first-order chi connectivity index (χ1) is 15.4. The van der Waals surface area contributed by atoms with E-state index < -0.39 is 6.04 Å². The molecule has 1 amide bonds. The van der Waals surface area contributed by atoms with Crippen molar-refractivity contribution in [3.63, 3.8) is 0 Å². The van der Waals surface area contributed by atoms with Gasteiger partial charge in [0.15, 0.2) is 0 Å². The van der Waals surface area contributed by atoms with Crippen LogP contribution >= 0.6 is 11.6 Å². The molecule has 2 atom stereocenters. The summed E-state index contributed by atoms with van der Waals surface area (Å²) in [5.74, 6) is 0.813. The van der Waals surface area contributed by atoms with Crippen molar-refractivity contribution in [2.45, 2.75) is 60.4 Å². The molecule has 6 heteroatoms. The molecule has 2 aromatic carbocycles. The molecule has 2 unspecified atom stereocenters. The standard InChI is InChI=1S/C27H34ClN3O2/c1-17(16-27(4,5)6)15-24(32)30(7)19(3)25-29-22-13-9-8-11-20(22)26(33)31(25)23-14-10-12-21(28)18(23)2/h8-14,17,19H,15-16H2,1-7H3. The number of fused-ring (bicyclic) bond motifs is 1. The summed E-state index contributed by atoms with van der Waals surface area (Å²) in [6.07, 6.45) is 1.41. The zero-order chi connectivity index (χ0) is 24.5. The average Bonchev–Trinajstić information content (AvgIpc) is 2.73. The number of hydrogen-bond acceptors (Lipinski definition) is 3. The van der Waals surface area contributed by atoms with Crippen LogP contribution in [0.15, 0.2) is 47.3 Å². The molecule has 0 aliphatic rings. The molecular formula is C27H34ClN3O2. The van der Waals surface area contributed by atoms with Crippen molar-refractivity contribution in [3.8, 4) is 5.69 Å². The van der Waals surface area contributed by atoms with Crippen molar-refractivity contribution >= 4 is 28.4 Å². The highest BCUT2D eigenvalue weighted by Crippen LogP contribution is 2.29. The lowest BCUT2D eigenvalue weighted by molar-refractivity contribution is -0.133. The average molecular weight is 468 g/mol. The molecule has 3 rings (SSSR count). The minimum Gasteiger partial charge on any atom is -0.336 e. The van der Waals surface area contributed by atoms with Gasteiger partial charge in [-0.25, -0.2) is 4.98 Å². The Bertz CT molecular complexity index is 1230. The normalized spacial score (nSPS) is 13.7. The number of halogens is 1. The molecule has 33 heavy (non-hydrogen) atoms. The van der Waals surface area contributed by atoms with Crippen LogP contribution in [0.5, 0.6) is 0 Å². The van der Waals surface area contributed by atoms with E-state index in [1.807, 2.05) is 44.2 Å². The van der Waals surface area contributed by atoms with Crippen LogP contribution in [0, 0.1) is 18.3 Å². The quantitative estimate of drug-likeness (QED) is 0.425. The Balaban J connectivity index is 2.09. The molecule has 0 saturated carbocycles. The zero-order valence-corrected chi connectivity index (χ0v) is 21.4. The van der Waals surface area contributed by atoms with Gasteiger partial charge < -0.3 is 4.90 Å². The van der Waals surface area contributed by atoms with E-state index in [1.54, 1.807) is 28.6 Å². The van der Waals surface area contributed by atoms with Crippen molar-refractivity contribution in [2.24, 2.45) is 11.3 Å². The second-order valence-corrected chi connectivity index (χ2v) is 10.7. The van der Waals surface area contributed by atoms with Crippen LogP contribution in [0.3, 0.4) is 0 Å². The van der Waals surface area contributed by atoms with E-state index in [1.165, 1.54) is 0 Å². The Morgan fingerprint density at radius 3 is 2.45 bits per heavy atom. The number of benzene rings is 2. The molecule has 1 aromatic heterocycles. The van der Waals surface area contributed by atoms with E-state index >= 15 is 0 Å². The minimum absolute atomic E-state index is 0.0380. The molecule has 0 aliphatic heterocycles. The van der Waals surface area contributed by atoms with E-state index in [0.29, 0.717) is 33.9 Å². The molecule has 0 bridgehead atoms. The third kappa shape index (κ3) is 5.47. The third-order valence-electron chi connectivity index (χ3n) is 6.11. The number of aromatic nitrogens is 2. The van der Waals surface area contributed by atoms with E-state index in [4.69, 9.17) is 16.6 Å². The molecule has 0 spiro atoms. The van der Waals surface area contributed by atoms with Crippen molar-refractivity contribution in [3.05, 3.63) is 69.2 Å². The lowest BCUT2D eigenvalue weighted by Gasteiger charge is -2.29. The maximum atomic E-state index is 13.6. The van der Waals surface area contributed by atoms with Crippen molar-refractivity contribution in [1.82, 2.24) is 14.5 Å². The van der Waals surface area contributed by atoms with E-state index in [9.17, 15) is 9.59 Å². The van der Waals surface area contributed by atoms with Crippen LogP contribution in [0.1, 0.15) is 64.9 Å². The Hall–Kier alpha value is -2.66. The van der Waals surface area contributed by atoms with Gasteiger partial charge in [0, 0.05) is 18.5 Å². The smallest absolute Gasteiger partial charge is 0.266 e. The number of carbonyl (C=O) groups is 1. The first-order valence-electron chi connectivity index (χ1n) is 11.4. The number of rotatable bonds is 6. The third-order valence-corrected chi connectivity index (χ3v) is 6.52. The summed E-state index contributed by atoms with van der Waals surface area (Å²) in [6, 6.07) is 12.4. The zero-order valence-electron chi connectivity index (χ0n) is 20.6. The highest BCUT2D eigenvalue weighted by molar-refractivity contribution is 6.31. The predicted molar refractivity (Wildman–Crippen MR) is 136 cm³/mol. The summed E-state index contributed by atoms with van der Waals surface area (Å²) < 4.78 is 1.61. The SMILES string of the molecule is Cc1c(Cl)cccc1-n1c(C(C)N(C)C(=O)CC(C)CC(C)(C)C)nc2ccccc2c1=O. The second kappa shape index (κ2) is 9.68. The van der Waals surface area contributed by atoms with Crippen LogP contribution in [0.25, 0.3) is 16.6 Å². The lowest BCUT2D eigenvalue weighted by atomic mass is 9.84. The molecule has 0 N–H and O–H groups in total. The second-order valence-electron chi connectivity index (χ2n) is 10.3. The van der Waals surface area contributed by atoms with Gasteiger partial charge in [0.2, 0.25) is 5.91 Å². The van der Waals surface area contributed by atoms with Crippen molar-refractivity contribution < 1.29 is 4.79 Å². The molecule has 0 saturated heterocycles. The van der Waals surface area contributed by atoms with Gasteiger partial charge >= 0.3 is 0 Å². The van der Waals surface area contributed by atoms with Gasteiger partial charge in [-0.15, -0.1) is 0 Å². The maximum absolute atomic E-state index is 13.6. The van der Waals surface area contributed by atoms with Crippen LogP contribution < -0.4 is 5.56 Å². The Kier molecular flexibility index (Phi) is 7.32. The van der Waals surface area contributed by atoms with Gasteiger partial charge in [0.05, 0.1) is 22.6 Å². The molecule has 5 nitrogen and oxygen atoms in total. The van der Waals surface area contributed by atoms with E-state index in [2.05, 4.69) is 27.7 Å². The highest BCUT2D eigenvalue weighted by atomic mass is 35.5. The van der Waals surface area contributed by atoms with E-state index in [-0.39, 0.29) is 22.8 Å². The predicted octanol–water partition coefficient (Wildman–Crippen LogP) is 6.33. The Labute approximate surface area is 201 Å². The monoisotopic (exact) mass is 467 g/mol. The molecule has 3 aromatic rings. The lowest BCUT2D eigenvalue weighted by Crippen LogP contribution is -2.35. The summed E-state index contributed by atoms with van der Waals surface area (Å²) in [5, 5.41) is 1.10. The summed E-state index contributed by atoms with van der Waals surface area (Å²) in [6.45, 7) is 12.5. The molecule has 176 valence electrons. The summed E-state index contributed by atoms with van der Waals surface area (Å²) in [5.41, 5.74) is 2.07. The number of para-hydroxylation sites is 1. The molecule has 1 heterocycles. The van der Waals surface area contributed by atoms with Gasteiger partial charge in [0.25, 0.3) is 5.56 Å². The first kappa shape index (κ1) is 25.0. The summed E-state index contributed by atoms with van der Waals surface area (Å²) >= 11 is 6.39. The van der Waals surface area contributed by atoms with Crippen molar-refractivity contribution in [2.75, 3.05) is 7.05 Å². The van der Waals surface area contributed by atoms with Crippen LogP contribution in [-0.2, 0) is 4.79 Å². The van der Waals surface area contributed by atoms with Crippen molar-refractivity contribution in [1.29, 1.82) is 0 Å². The van der Waals surface area contributed by atoms with Gasteiger partial charge in [-0.05, 0) is 61.4 Å². The molecule has 0 fully saturated rings. The van der Waals surface area contributed by atoms with Crippen LogP contribution in [0.4, 0.5) is 0 Å². The fourth-order valence-electron chi connectivity index (χ4n) is 4.45.